The van der Waals surface area contributed by atoms with Gasteiger partial charge in [-0.15, -0.1) is 0 Å². The summed E-state index contributed by atoms with van der Waals surface area (Å²) < 4.78 is 5.33. The largest absolute Gasteiger partial charge is 0.389 e. The third kappa shape index (κ3) is 6.08. The first-order valence-corrected chi connectivity index (χ1v) is 8.55. The van der Waals surface area contributed by atoms with Gasteiger partial charge in [-0.1, -0.05) is 6.42 Å². The monoisotopic (exact) mass is 328 g/mol. The summed E-state index contributed by atoms with van der Waals surface area (Å²) in [6, 6.07) is 0. The summed E-state index contributed by atoms with van der Waals surface area (Å²) in [5.74, 6) is 0.165. The van der Waals surface area contributed by atoms with E-state index in [0.29, 0.717) is 25.9 Å². The third-order valence-corrected chi connectivity index (χ3v) is 4.33. The first kappa shape index (κ1) is 18.2. The zero-order valence-corrected chi connectivity index (χ0v) is 13.7. The number of aliphatic hydroxyl groups is 2. The molecule has 0 radical (unpaired) electrons. The number of carbonyl (C=O) groups excluding carboxylic acids is 2. The Labute approximate surface area is 137 Å². The highest BCUT2D eigenvalue weighted by atomic mass is 16.5. The Balaban J connectivity index is 1.61. The molecule has 0 aromatic carbocycles. The van der Waals surface area contributed by atoms with Crippen LogP contribution < -0.4 is 0 Å². The van der Waals surface area contributed by atoms with Crippen molar-refractivity contribution < 1.29 is 24.5 Å². The van der Waals surface area contributed by atoms with Crippen LogP contribution in [0.1, 0.15) is 38.5 Å². The van der Waals surface area contributed by atoms with Crippen molar-refractivity contribution in [1.82, 2.24) is 9.80 Å². The highest BCUT2D eigenvalue weighted by Gasteiger charge is 2.23. The number of ether oxygens (including phenoxy) is 1. The molecule has 2 saturated heterocycles. The van der Waals surface area contributed by atoms with E-state index >= 15 is 0 Å². The van der Waals surface area contributed by atoms with Crippen molar-refractivity contribution in [2.24, 2.45) is 0 Å². The van der Waals surface area contributed by atoms with Crippen LogP contribution in [0.4, 0.5) is 0 Å². The summed E-state index contributed by atoms with van der Waals surface area (Å²) in [4.78, 5) is 26.7. The van der Waals surface area contributed by atoms with Gasteiger partial charge in [0, 0.05) is 39.0 Å². The van der Waals surface area contributed by atoms with E-state index in [1.807, 2.05) is 0 Å². The van der Waals surface area contributed by atoms with E-state index < -0.39 is 12.2 Å². The molecule has 0 saturated carbocycles. The molecule has 2 N–H and O–H groups in total. The molecule has 0 spiro atoms. The van der Waals surface area contributed by atoms with Crippen molar-refractivity contribution in [2.75, 3.05) is 39.4 Å². The molecule has 0 bridgehead atoms. The van der Waals surface area contributed by atoms with Crippen LogP contribution in [0.3, 0.4) is 0 Å². The topological polar surface area (TPSA) is 90.3 Å². The van der Waals surface area contributed by atoms with Crippen LogP contribution in [0.25, 0.3) is 0 Å². The quantitative estimate of drug-likeness (QED) is 0.641. The number of nitrogens with zero attached hydrogens (tertiary/aromatic N) is 2. The minimum Gasteiger partial charge on any atom is -0.389 e. The van der Waals surface area contributed by atoms with E-state index in [9.17, 15) is 19.8 Å². The van der Waals surface area contributed by atoms with Gasteiger partial charge in [-0.2, -0.15) is 0 Å². The average molecular weight is 328 g/mol. The Morgan fingerprint density at radius 2 is 1.35 bits per heavy atom. The fourth-order valence-corrected chi connectivity index (χ4v) is 3.08. The first-order chi connectivity index (χ1) is 11.1. The lowest BCUT2D eigenvalue weighted by atomic mass is 10.2. The van der Waals surface area contributed by atoms with Crippen molar-refractivity contribution in [3.05, 3.63) is 0 Å². The standard InChI is InChI=1S/C16H28N2O5/c19-13(9-17-7-3-1-2-5-15(17)21)11-23-12-14(20)10-18-8-4-6-16(18)22/h13-14,19-20H,1-12H2. The smallest absolute Gasteiger partial charge is 0.222 e. The number of β-amino-alcohol motifs (C(OH)–C–C–N with tert-alkyl or cyclic N) is 2. The van der Waals surface area contributed by atoms with Crippen molar-refractivity contribution in [2.45, 2.75) is 50.7 Å². The second-order valence-corrected chi connectivity index (χ2v) is 6.44. The van der Waals surface area contributed by atoms with Crippen LogP contribution in [-0.2, 0) is 14.3 Å². The molecule has 2 rings (SSSR count). The molecule has 0 aromatic heterocycles. The molecule has 7 nitrogen and oxygen atoms in total. The lowest BCUT2D eigenvalue weighted by Crippen LogP contribution is -2.40. The van der Waals surface area contributed by atoms with Gasteiger partial charge in [-0.25, -0.2) is 0 Å². The predicted octanol–water partition coefficient (Wildman–Crippen LogP) is -0.250. The molecule has 23 heavy (non-hydrogen) atoms. The number of hydrogen-bond donors (Lipinski definition) is 2. The SMILES string of the molecule is O=C1CCCCCN1CC(O)COCC(O)CN1CCCC1=O. The van der Waals surface area contributed by atoms with Gasteiger partial charge in [0.1, 0.15) is 0 Å². The number of rotatable bonds is 8. The number of likely N-dealkylation sites (tertiary alicyclic amines) is 2. The third-order valence-electron chi connectivity index (χ3n) is 4.33. The van der Waals surface area contributed by atoms with Crippen LogP contribution in [0.5, 0.6) is 0 Å². The molecule has 2 aliphatic rings. The maximum Gasteiger partial charge on any atom is 0.222 e. The zero-order chi connectivity index (χ0) is 16.7. The van der Waals surface area contributed by atoms with Crippen LogP contribution in [0, 0.1) is 0 Å². The summed E-state index contributed by atoms with van der Waals surface area (Å²) in [6.45, 7) is 2.09. The number of aliphatic hydroxyl groups excluding tert-OH is 2. The zero-order valence-electron chi connectivity index (χ0n) is 13.7. The fourth-order valence-electron chi connectivity index (χ4n) is 3.08. The summed E-state index contributed by atoms with van der Waals surface area (Å²) in [7, 11) is 0. The maximum absolute atomic E-state index is 11.9. The van der Waals surface area contributed by atoms with E-state index in [2.05, 4.69) is 0 Å². The molecule has 2 amide bonds. The Hall–Kier alpha value is -1.18. The fraction of sp³-hybridized carbons (Fsp3) is 0.875. The van der Waals surface area contributed by atoms with Gasteiger partial charge in [-0.3, -0.25) is 9.59 Å². The van der Waals surface area contributed by atoms with E-state index in [0.717, 1.165) is 25.7 Å². The molecule has 2 fully saturated rings. The van der Waals surface area contributed by atoms with Gasteiger partial charge in [0.15, 0.2) is 0 Å². The van der Waals surface area contributed by atoms with Crippen molar-refractivity contribution >= 4 is 11.8 Å². The summed E-state index contributed by atoms with van der Waals surface area (Å²) >= 11 is 0. The first-order valence-electron chi connectivity index (χ1n) is 8.55. The van der Waals surface area contributed by atoms with E-state index in [1.165, 1.54) is 0 Å². The summed E-state index contributed by atoms with van der Waals surface area (Å²) in [5.41, 5.74) is 0. The highest BCUT2D eigenvalue weighted by Crippen LogP contribution is 2.12. The minimum atomic E-state index is -0.752. The van der Waals surface area contributed by atoms with Crippen LogP contribution in [0.15, 0.2) is 0 Å². The van der Waals surface area contributed by atoms with Crippen LogP contribution in [-0.4, -0.2) is 83.4 Å². The van der Waals surface area contributed by atoms with Gasteiger partial charge in [0.2, 0.25) is 11.8 Å². The van der Waals surface area contributed by atoms with Crippen LogP contribution in [0.2, 0.25) is 0 Å². The van der Waals surface area contributed by atoms with E-state index in [1.54, 1.807) is 9.80 Å². The molecule has 0 aromatic rings. The van der Waals surface area contributed by atoms with Crippen molar-refractivity contribution in [1.29, 1.82) is 0 Å². The molecule has 7 heteroatoms. The predicted molar refractivity (Wildman–Crippen MR) is 83.7 cm³/mol. The molecule has 2 aliphatic heterocycles. The van der Waals surface area contributed by atoms with Gasteiger partial charge in [-0.05, 0) is 19.3 Å². The van der Waals surface area contributed by atoms with E-state index in [4.69, 9.17) is 4.74 Å². The Kier molecular flexibility index (Phi) is 7.26. The second kappa shape index (κ2) is 9.20. The molecular weight excluding hydrogens is 300 g/mol. The number of carbonyl (C=O) groups is 2. The molecule has 132 valence electrons. The normalized spacial score (nSPS) is 22.3. The molecule has 2 unspecified atom stereocenters. The minimum absolute atomic E-state index is 0.0729. The summed E-state index contributed by atoms with van der Waals surface area (Å²) in [5, 5.41) is 19.9. The van der Waals surface area contributed by atoms with Gasteiger partial charge >= 0.3 is 0 Å². The Morgan fingerprint density at radius 1 is 0.826 bits per heavy atom. The lowest BCUT2D eigenvalue weighted by molar-refractivity contribution is -0.132. The number of hydrogen-bond acceptors (Lipinski definition) is 5. The molecule has 0 aliphatic carbocycles. The lowest BCUT2D eigenvalue weighted by Gasteiger charge is -2.24. The van der Waals surface area contributed by atoms with Crippen molar-refractivity contribution in [3.63, 3.8) is 0 Å². The second-order valence-electron chi connectivity index (χ2n) is 6.44. The summed E-state index contributed by atoms with van der Waals surface area (Å²) in [6.07, 6.45) is 3.39. The van der Waals surface area contributed by atoms with Crippen molar-refractivity contribution in [3.8, 4) is 0 Å². The van der Waals surface area contributed by atoms with Gasteiger partial charge < -0.3 is 24.7 Å². The van der Waals surface area contributed by atoms with Gasteiger partial charge in [0.05, 0.1) is 25.4 Å². The van der Waals surface area contributed by atoms with Gasteiger partial charge in [0.25, 0.3) is 0 Å². The van der Waals surface area contributed by atoms with Crippen LogP contribution >= 0.6 is 0 Å². The highest BCUT2D eigenvalue weighted by molar-refractivity contribution is 5.78. The maximum atomic E-state index is 11.9. The Morgan fingerprint density at radius 3 is 1.87 bits per heavy atom. The average Bonchev–Trinajstić information content (AvgIpc) is 2.79. The molecular formula is C16H28N2O5. The Bertz CT molecular complexity index is 404. The molecule has 2 atom stereocenters. The number of amides is 2. The molecule has 2 heterocycles. The van der Waals surface area contributed by atoms with E-state index in [-0.39, 0.29) is 38.1 Å².